The van der Waals surface area contributed by atoms with E-state index in [0.29, 0.717) is 0 Å². The molecule has 0 aliphatic carbocycles. The minimum absolute atomic E-state index is 0.0904. The molecule has 0 aliphatic heterocycles. The van der Waals surface area contributed by atoms with Crippen LogP contribution in [0.2, 0.25) is 5.02 Å². The zero-order valence-electron chi connectivity index (χ0n) is 11.0. The van der Waals surface area contributed by atoms with Crippen LogP contribution < -0.4 is 5.32 Å². The summed E-state index contributed by atoms with van der Waals surface area (Å²) in [6, 6.07) is 4.92. The molecule has 0 radical (unpaired) electrons. The Morgan fingerprint density at radius 1 is 1.47 bits per heavy atom. The predicted molar refractivity (Wildman–Crippen MR) is 74.8 cm³/mol. The third kappa shape index (κ3) is 3.33. The number of nitrogens with one attached hydrogen (secondary N) is 1. The van der Waals surface area contributed by atoms with Gasteiger partial charge in [0.2, 0.25) is 0 Å². The summed E-state index contributed by atoms with van der Waals surface area (Å²) in [6.07, 6.45) is 4.67. The molecular weight excluding hydrogens is 265 g/mol. The first-order valence-corrected chi connectivity index (χ1v) is 6.65. The molecule has 1 aromatic heterocycles. The van der Waals surface area contributed by atoms with Crippen LogP contribution in [0.15, 0.2) is 30.6 Å². The van der Waals surface area contributed by atoms with Crippen LogP contribution >= 0.6 is 11.6 Å². The van der Waals surface area contributed by atoms with Crippen LogP contribution in [0.5, 0.6) is 0 Å². The number of likely N-dealkylation sites (N-methyl/N-ethyl adjacent to an activating group) is 1. The lowest BCUT2D eigenvalue weighted by molar-refractivity contribution is 0.585. The van der Waals surface area contributed by atoms with E-state index >= 15 is 0 Å². The summed E-state index contributed by atoms with van der Waals surface area (Å²) in [5.74, 6) is -0.390. The Bertz CT molecular complexity index is 553. The van der Waals surface area contributed by atoms with Gasteiger partial charge in [-0.2, -0.15) is 5.10 Å². The molecule has 0 aliphatic rings. The van der Waals surface area contributed by atoms with E-state index in [9.17, 15) is 4.39 Å². The van der Waals surface area contributed by atoms with Gasteiger partial charge in [-0.25, -0.2) is 4.39 Å². The number of hydrogen-bond donors (Lipinski definition) is 1. The largest absolute Gasteiger partial charge is 0.313 e. The molecule has 19 heavy (non-hydrogen) atoms. The summed E-state index contributed by atoms with van der Waals surface area (Å²) in [5.41, 5.74) is 2.11. The lowest BCUT2D eigenvalue weighted by Crippen LogP contribution is -2.18. The lowest BCUT2D eigenvalue weighted by atomic mass is 10.0. The van der Waals surface area contributed by atoms with E-state index in [0.717, 1.165) is 24.1 Å². The zero-order valence-corrected chi connectivity index (χ0v) is 11.8. The molecule has 3 nitrogen and oxygen atoms in total. The number of aryl methyl sites for hydroxylation is 1. The Balaban J connectivity index is 2.17. The number of halogens is 2. The van der Waals surface area contributed by atoms with E-state index < -0.39 is 0 Å². The highest BCUT2D eigenvalue weighted by Gasteiger charge is 2.13. The van der Waals surface area contributed by atoms with Crippen molar-refractivity contribution < 1.29 is 4.39 Å². The second-order valence-electron chi connectivity index (χ2n) is 4.42. The van der Waals surface area contributed by atoms with E-state index in [1.54, 1.807) is 12.1 Å². The van der Waals surface area contributed by atoms with Crippen molar-refractivity contribution in [3.05, 3.63) is 52.6 Å². The lowest BCUT2D eigenvalue weighted by Gasteiger charge is -2.16. The fraction of sp³-hybridized carbons (Fsp3) is 0.357. The molecule has 0 amide bonds. The molecule has 2 aromatic rings. The monoisotopic (exact) mass is 281 g/mol. The molecule has 0 saturated carbocycles. The molecule has 0 saturated heterocycles. The van der Waals surface area contributed by atoms with Gasteiger partial charge in [-0.15, -0.1) is 0 Å². The summed E-state index contributed by atoms with van der Waals surface area (Å²) < 4.78 is 15.1. The van der Waals surface area contributed by atoms with Crippen LogP contribution in [0.1, 0.15) is 24.1 Å². The van der Waals surface area contributed by atoms with Gasteiger partial charge in [-0.3, -0.25) is 4.68 Å². The minimum Gasteiger partial charge on any atom is -0.313 e. The van der Waals surface area contributed by atoms with E-state index in [-0.39, 0.29) is 16.9 Å². The second kappa shape index (κ2) is 6.17. The van der Waals surface area contributed by atoms with Gasteiger partial charge in [0.25, 0.3) is 0 Å². The highest BCUT2D eigenvalue weighted by Crippen LogP contribution is 2.23. The van der Waals surface area contributed by atoms with Crippen LogP contribution in [-0.4, -0.2) is 16.8 Å². The Labute approximate surface area is 117 Å². The van der Waals surface area contributed by atoms with E-state index in [1.165, 1.54) is 6.07 Å². The average Bonchev–Trinajstić information content (AvgIpc) is 2.87. The molecule has 1 aromatic carbocycles. The Morgan fingerprint density at radius 2 is 2.26 bits per heavy atom. The molecule has 0 bridgehead atoms. The van der Waals surface area contributed by atoms with Gasteiger partial charge in [-0.05, 0) is 43.7 Å². The number of benzene rings is 1. The first-order valence-electron chi connectivity index (χ1n) is 6.27. The Kier molecular flexibility index (Phi) is 4.56. The van der Waals surface area contributed by atoms with Crippen molar-refractivity contribution in [1.82, 2.24) is 15.1 Å². The molecule has 0 fully saturated rings. The van der Waals surface area contributed by atoms with Crippen LogP contribution in [0.3, 0.4) is 0 Å². The third-order valence-corrected chi connectivity index (χ3v) is 3.43. The first kappa shape index (κ1) is 14.0. The number of aromatic nitrogens is 2. The van der Waals surface area contributed by atoms with Gasteiger partial charge in [0.15, 0.2) is 0 Å². The van der Waals surface area contributed by atoms with Gasteiger partial charge in [0.1, 0.15) is 5.82 Å². The van der Waals surface area contributed by atoms with Crippen LogP contribution in [0, 0.1) is 5.82 Å². The molecular formula is C14H17ClFN3. The van der Waals surface area contributed by atoms with Crippen molar-refractivity contribution >= 4 is 11.6 Å². The highest BCUT2D eigenvalue weighted by molar-refractivity contribution is 6.30. The smallest absolute Gasteiger partial charge is 0.141 e. The Morgan fingerprint density at radius 3 is 2.84 bits per heavy atom. The molecule has 1 heterocycles. The predicted octanol–water partition coefficient (Wildman–Crippen LogP) is 3.20. The fourth-order valence-electron chi connectivity index (χ4n) is 2.04. The molecule has 5 heteroatoms. The summed E-state index contributed by atoms with van der Waals surface area (Å²) in [6.45, 7) is 2.90. The summed E-state index contributed by atoms with van der Waals surface area (Å²) in [4.78, 5) is 0. The number of rotatable bonds is 5. The molecule has 1 N–H and O–H groups in total. The van der Waals surface area contributed by atoms with Crippen molar-refractivity contribution in [2.45, 2.75) is 25.9 Å². The van der Waals surface area contributed by atoms with Crippen LogP contribution in [0.25, 0.3) is 0 Å². The molecule has 102 valence electrons. The first-order chi connectivity index (χ1) is 9.13. The minimum atomic E-state index is -0.390. The Hall–Kier alpha value is -1.39. The quantitative estimate of drug-likeness (QED) is 0.912. The van der Waals surface area contributed by atoms with Gasteiger partial charge in [0, 0.05) is 18.8 Å². The average molecular weight is 282 g/mol. The summed E-state index contributed by atoms with van der Waals surface area (Å²) >= 11 is 5.83. The standard InChI is InChI=1S/C14H17ClFN3/c1-3-19-9-10(8-18-19)6-14(17-2)11-4-5-13(16)12(15)7-11/h4-5,7-9,14,17H,3,6H2,1-2H3. The van der Waals surface area contributed by atoms with E-state index in [4.69, 9.17) is 11.6 Å². The van der Waals surface area contributed by atoms with Gasteiger partial charge in [-0.1, -0.05) is 17.7 Å². The topological polar surface area (TPSA) is 29.9 Å². The van der Waals surface area contributed by atoms with E-state index in [2.05, 4.69) is 10.4 Å². The van der Waals surface area contributed by atoms with Gasteiger partial charge < -0.3 is 5.32 Å². The number of hydrogen-bond acceptors (Lipinski definition) is 2. The molecule has 1 unspecified atom stereocenters. The molecule has 2 rings (SSSR count). The van der Waals surface area contributed by atoms with Crippen molar-refractivity contribution in [3.8, 4) is 0 Å². The fourth-order valence-corrected chi connectivity index (χ4v) is 2.23. The summed E-state index contributed by atoms with van der Waals surface area (Å²) in [7, 11) is 1.88. The van der Waals surface area contributed by atoms with Gasteiger partial charge >= 0.3 is 0 Å². The maximum Gasteiger partial charge on any atom is 0.141 e. The maximum atomic E-state index is 13.2. The maximum absolute atomic E-state index is 13.2. The van der Waals surface area contributed by atoms with Crippen molar-refractivity contribution in [3.63, 3.8) is 0 Å². The van der Waals surface area contributed by atoms with Crippen molar-refractivity contribution in [2.75, 3.05) is 7.05 Å². The van der Waals surface area contributed by atoms with Gasteiger partial charge in [0.05, 0.1) is 11.2 Å². The second-order valence-corrected chi connectivity index (χ2v) is 4.83. The van der Waals surface area contributed by atoms with Crippen LogP contribution in [0.4, 0.5) is 4.39 Å². The zero-order chi connectivity index (χ0) is 13.8. The molecule has 1 atom stereocenters. The number of nitrogens with zero attached hydrogens (tertiary/aromatic N) is 2. The normalized spacial score (nSPS) is 12.6. The highest BCUT2D eigenvalue weighted by atomic mass is 35.5. The van der Waals surface area contributed by atoms with Crippen LogP contribution in [-0.2, 0) is 13.0 Å². The third-order valence-electron chi connectivity index (χ3n) is 3.15. The van der Waals surface area contributed by atoms with Crippen molar-refractivity contribution in [1.29, 1.82) is 0 Å². The van der Waals surface area contributed by atoms with E-state index in [1.807, 2.05) is 31.0 Å². The molecule has 0 spiro atoms. The summed E-state index contributed by atoms with van der Waals surface area (Å²) in [5, 5.41) is 7.63. The SMILES string of the molecule is CCn1cc(CC(NC)c2ccc(F)c(Cl)c2)cn1. The van der Waals surface area contributed by atoms with Crippen molar-refractivity contribution in [2.24, 2.45) is 0 Å².